The van der Waals surface area contributed by atoms with E-state index < -0.39 is 10.8 Å². The highest BCUT2D eigenvalue weighted by Crippen LogP contribution is 2.60. The number of hydrogen-bond donors (Lipinski definition) is 0. The van der Waals surface area contributed by atoms with E-state index in [2.05, 4.69) is 296 Å². The molecule has 0 radical (unpaired) electrons. The molecule has 1 heteroatoms. The number of hydrogen-bond acceptors (Lipinski definition) is 1. The Hall–Kier alpha value is -8.00. The van der Waals surface area contributed by atoms with Crippen LogP contribution in [0.2, 0.25) is 0 Å². The molecule has 10 aromatic carbocycles. The molecule has 0 saturated carbocycles. The lowest BCUT2D eigenvalue weighted by Gasteiger charge is -2.36. The van der Waals surface area contributed by atoms with Gasteiger partial charge in [0.15, 0.2) is 0 Å². The van der Waals surface area contributed by atoms with Crippen molar-refractivity contribution in [1.29, 1.82) is 0 Å². The van der Waals surface area contributed by atoms with Gasteiger partial charge in [-0.25, -0.2) is 0 Å². The second kappa shape index (κ2) is 17.9. The van der Waals surface area contributed by atoms with Crippen molar-refractivity contribution in [2.24, 2.45) is 0 Å². The number of anilines is 3. The van der Waals surface area contributed by atoms with Crippen molar-refractivity contribution in [2.75, 3.05) is 4.90 Å². The molecule has 2 aliphatic carbocycles. The highest BCUT2D eigenvalue weighted by Gasteiger charge is 2.48. The molecule has 2 aliphatic rings. The fourth-order valence-corrected chi connectivity index (χ4v) is 12.4. The molecular formula is C72H63N. The van der Waals surface area contributed by atoms with E-state index in [1.54, 1.807) is 0 Å². The maximum atomic E-state index is 2.51. The van der Waals surface area contributed by atoms with Crippen LogP contribution in [0.5, 0.6) is 0 Å². The van der Waals surface area contributed by atoms with Gasteiger partial charge in [-0.15, -0.1) is 0 Å². The maximum Gasteiger partial charge on any atom is 0.0714 e. The fourth-order valence-electron chi connectivity index (χ4n) is 12.4. The second-order valence-electron chi connectivity index (χ2n) is 22.1. The lowest BCUT2D eigenvalue weighted by atomic mass is 9.67. The molecule has 0 heterocycles. The molecule has 0 bridgehead atoms. The molecule has 0 aromatic heterocycles. The zero-order valence-corrected chi connectivity index (χ0v) is 43.2. The first kappa shape index (κ1) is 46.1. The zero-order valence-electron chi connectivity index (χ0n) is 43.2. The van der Waals surface area contributed by atoms with Crippen molar-refractivity contribution < 1.29 is 0 Å². The Labute approximate surface area is 433 Å². The highest BCUT2D eigenvalue weighted by atomic mass is 15.1. The third kappa shape index (κ3) is 7.43. The quantitative estimate of drug-likeness (QED) is 0.132. The molecule has 0 saturated heterocycles. The van der Waals surface area contributed by atoms with E-state index in [9.17, 15) is 0 Å². The number of benzene rings is 10. The van der Waals surface area contributed by atoms with Crippen LogP contribution < -0.4 is 4.90 Å². The van der Waals surface area contributed by atoms with Crippen molar-refractivity contribution in [3.8, 4) is 33.4 Å². The van der Waals surface area contributed by atoms with Crippen LogP contribution in [0.15, 0.2) is 243 Å². The van der Waals surface area contributed by atoms with E-state index in [4.69, 9.17) is 0 Å². The van der Waals surface area contributed by atoms with E-state index in [0.29, 0.717) is 11.8 Å². The standard InChI is InChI=1S/C72H63N/c1-48(2)50-32-34-52(35-33-50)53-20-18-27-59(44-53)73(61-40-42-64-62-28-14-16-30-66(62)71(69(64)47-61,54-21-10-8-11-22-54)56-38-36-51(37-39-56)49(3)4)60-41-43-68-65(46-60)63-29-15-17-31-67(63)72(68,55-23-12-9-13-24-55)58-26-19-25-57(45-58)70(5,6)7/h8-49H,1-7H3. The summed E-state index contributed by atoms with van der Waals surface area (Å²) >= 11 is 0. The Balaban J connectivity index is 1.12. The number of fused-ring (bicyclic) bond motifs is 6. The van der Waals surface area contributed by atoms with Gasteiger partial charge in [0.2, 0.25) is 0 Å². The molecule has 356 valence electrons. The van der Waals surface area contributed by atoms with Crippen LogP contribution in [0.1, 0.15) is 121 Å². The van der Waals surface area contributed by atoms with E-state index in [0.717, 1.165) is 17.1 Å². The van der Waals surface area contributed by atoms with Crippen molar-refractivity contribution >= 4 is 17.1 Å². The average molecular weight is 942 g/mol. The molecule has 1 nitrogen and oxygen atoms in total. The zero-order chi connectivity index (χ0) is 50.1. The third-order valence-corrected chi connectivity index (χ3v) is 16.2. The molecule has 0 amide bonds. The van der Waals surface area contributed by atoms with Crippen molar-refractivity contribution in [1.82, 2.24) is 0 Å². The molecule has 0 N–H and O–H groups in total. The minimum Gasteiger partial charge on any atom is -0.310 e. The van der Waals surface area contributed by atoms with Crippen LogP contribution in [0.4, 0.5) is 17.1 Å². The van der Waals surface area contributed by atoms with Gasteiger partial charge in [-0.1, -0.05) is 255 Å². The third-order valence-electron chi connectivity index (χ3n) is 16.2. The largest absolute Gasteiger partial charge is 0.310 e. The Morgan fingerprint density at radius 1 is 0.315 bits per heavy atom. The molecule has 2 unspecified atom stereocenters. The van der Waals surface area contributed by atoms with Gasteiger partial charge in [0.05, 0.1) is 10.8 Å². The number of rotatable bonds is 10. The van der Waals surface area contributed by atoms with Gasteiger partial charge in [0, 0.05) is 17.1 Å². The molecule has 12 rings (SSSR count). The Morgan fingerprint density at radius 2 is 0.781 bits per heavy atom. The summed E-state index contributed by atoms with van der Waals surface area (Å²) in [5.41, 5.74) is 24.0. The molecule has 0 fully saturated rings. The first-order chi connectivity index (χ1) is 35.5. The van der Waals surface area contributed by atoms with Gasteiger partial charge < -0.3 is 4.90 Å². The molecule has 2 atom stereocenters. The Bertz CT molecular complexity index is 3650. The van der Waals surface area contributed by atoms with Crippen LogP contribution in [0.3, 0.4) is 0 Å². The highest BCUT2D eigenvalue weighted by molar-refractivity contribution is 5.93. The summed E-state index contributed by atoms with van der Waals surface area (Å²) in [5, 5.41) is 0. The lowest BCUT2D eigenvalue weighted by molar-refractivity contribution is 0.587. The molecule has 0 aliphatic heterocycles. The van der Waals surface area contributed by atoms with Gasteiger partial charge in [-0.05, 0) is 148 Å². The fraction of sp³-hybridized carbons (Fsp3) is 0.167. The topological polar surface area (TPSA) is 3.24 Å². The summed E-state index contributed by atoms with van der Waals surface area (Å²) < 4.78 is 0. The summed E-state index contributed by atoms with van der Waals surface area (Å²) in [6.07, 6.45) is 0. The van der Waals surface area contributed by atoms with Gasteiger partial charge in [-0.3, -0.25) is 0 Å². The molecule has 10 aromatic rings. The monoisotopic (exact) mass is 941 g/mol. The first-order valence-electron chi connectivity index (χ1n) is 26.3. The Kier molecular flexibility index (Phi) is 11.3. The van der Waals surface area contributed by atoms with E-state index >= 15 is 0 Å². The summed E-state index contributed by atoms with van der Waals surface area (Å²) in [7, 11) is 0. The smallest absolute Gasteiger partial charge is 0.0714 e. The average Bonchev–Trinajstić information content (AvgIpc) is 3.89. The van der Waals surface area contributed by atoms with Crippen LogP contribution in [-0.4, -0.2) is 0 Å². The van der Waals surface area contributed by atoms with Crippen molar-refractivity contribution in [3.63, 3.8) is 0 Å². The summed E-state index contributed by atoms with van der Waals surface area (Å²) in [5.74, 6) is 0.894. The van der Waals surface area contributed by atoms with Crippen molar-refractivity contribution in [2.45, 2.75) is 76.5 Å². The second-order valence-corrected chi connectivity index (χ2v) is 22.1. The summed E-state index contributed by atoms with van der Waals surface area (Å²) in [6.45, 7) is 16.0. The van der Waals surface area contributed by atoms with Gasteiger partial charge in [-0.2, -0.15) is 0 Å². The van der Waals surface area contributed by atoms with Crippen LogP contribution in [0, 0.1) is 0 Å². The van der Waals surface area contributed by atoms with Crippen molar-refractivity contribution in [3.05, 3.63) is 304 Å². The number of nitrogens with zero attached hydrogens (tertiary/aromatic N) is 1. The van der Waals surface area contributed by atoms with E-state index in [-0.39, 0.29) is 5.41 Å². The first-order valence-corrected chi connectivity index (χ1v) is 26.3. The van der Waals surface area contributed by atoms with E-state index in [1.165, 1.54) is 94.6 Å². The lowest BCUT2D eigenvalue weighted by Crippen LogP contribution is -2.29. The van der Waals surface area contributed by atoms with Gasteiger partial charge in [0.1, 0.15) is 0 Å². The minimum atomic E-state index is -0.557. The summed E-state index contributed by atoms with van der Waals surface area (Å²) in [4.78, 5) is 2.51. The maximum absolute atomic E-state index is 2.51. The molecule has 0 spiro atoms. The van der Waals surface area contributed by atoms with Crippen LogP contribution in [0.25, 0.3) is 33.4 Å². The predicted molar refractivity (Wildman–Crippen MR) is 308 cm³/mol. The van der Waals surface area contributed by atoms with Gasteiger partial charge in [0.25, 0.3) is 0 Å². The predicted octanol–water partition coefficient (Wildman–Crippen LogP) is 19.1. The summed E-state index contributed by atoms with van der Waals surface area (Å²) in [6, 6.07) is 92.3. The van der Waals surface area contributed by atoms with Crippen LogP contribution in [-0.2, 0) is 16.2 Å². The SMILES string of the molecule is CC(C)c1ccc(-c2cccc(N(c3ccc4c(c3)-c3ccccc3C4(c3ccccc3)c3cccc(C(C)(C)C)c3)c3ccc4c(c3)C(c3ccccc3)(c3ccc(C(C)C)cc3)c3ccccc3-4)c2)cc1. The minimum absolute atomic E-state index is 0.0168. The normalized spacial score (nSPS) is 16.5. The Morgan fingerprint density at radius 3 is 1.40 bits per heavy atom. The molecular weight excluding hydrogens is 879 g/mol. The van der Waals surface area contributed by atoms with Crippen LogP contribution >= 0.6 is 0 Å². The van der Waals surface area contributed by atoms with Gasteiger partial charge >= 0.3 is 0 Å². The van der Waals surface area contributed by atoms with E-state index in [1.807, 2.05) is 0 Å². The molecule has 73 heavy (non-hydrogen) atoms.